The molecule has 0 fully saturated rings. The third kappa shape index (κ3) is 8.66. The molecule has 1 aromatic carbocycles. The van der Waals surface area contributed by atoms with Crippen LogP contribution in [-0.4, -0.2) is 66.1 Å². The van der Waals surface area contributed by atoms with Gasteiger partial charge in [-0.2, -0.15) is 13.2 Å². The summed E-state index contributed by atoms with van der Waals surface area (Å²) in [6.07, 6.45) is -7.70. The van der Waals surface area contributed by atoms with Gasteiger partial charge in [0, 0.05) is 18.5 Å². The van der Waals surface area contributed by atoms with Crippen LogP contribution in [0.5, 0.6) is 0 Å². The maximum absolute atomic E-state index is 12.1. The highest BCUT2D eigenvalue weighted by Gasteiger charge is 2.29. The number of rotatable bonds is 10. The number of nitrogens with zero attached hydrogens (tertiary/aromatic N) is 1. The summed E-state index contributed by atoms with van der Waals surface area (Å²) in [5.41, 5.74) is 7.25. The molecule has 33 heavy (non-hydrogen) atoms. The van der Waals surface area contributed by atoms with E-state index >= 15 is 0 Å². The third-order valence-electron chi connectivity index (χ3n) is 4.39. The number of aliphatic carboxylic acids is 1. The monoisotopic (exact) mass is 473 g/mol. The summed E-state index contributed by atoms with van der Waals surface area (Å²) < 4.78 is 40.5. The van der Waals surface area contributed by atoms with E-state index in [4.69, 9.17) is 21.1 Å². The van der Waals surface area contributed by atoms with Crippen molar-refractivity contribution >= 4 is 29.5 Å². The lowest BCUT2D eigenvalue weighted by atomic mass is 10.0. The van der Waals surface area contributed by atoms with Gasteiger partial charge in [-0.1, -0.05) is 29.4 Å². The van der Waals surface area contributed by atoms with Crippen LogP contribution in [-0.2, 0) is 19.2 Å². The molecule has 14 heteroatoms. The first kappa shape index (κ1) is 25.4. The van der Waals surface area contributed by atoms with Crippen LogP contribution >= 0.6 is 0 Å². The van der Waals surface area contributed by atoms with Crippen LogP contribution in [0, 0.1) is 5.41 Å². The van der Waals surface area contributed by atoms with Crippen molar-refractivity contribution < 1.29 is 42.2 Å². The molecule has 180 valence electrons. The SMILES string of the molecule is N=C(N)c1ccc(C2=NOC(CC(=O)NC[C@H](NC(=O)OCCC(F)(F)F)C(=O)O)C2)cc1. The number of alkyl carbamates (subject to hydrolysis) is 1. The van der Waals surface area contributed by atoms with Gasteiger partial charge in [0.25, 0.3) is 0 Å². The summed E-state index contributed by atoms with van der Waals surface area (Å²) in [6, 6.07) is 5.10. The van der Waals surface area contributed by atoms with Crippen LogP contribution < -0.4 is 16.4 Å². The minimum absolute atomic E-state index is 0.0792. The zero-order chi connectivity index (χ0) is 24.6. The number of amidine groups is 1. The Bertz CT molecular complexity index is 919. The topological polar surface area (TPSA) is 176 Å². The van der Waals surface area contributed by atoms with Crippen molar-refractivity contribution in [1.29, 1.82) is 5.41 Å². The Morgan fingerprint density at radius 2 is 1.97 bits per heavy atom. The number of hydrogen-bond acceptors (Lipinski definition) is 7. The second-order valence-electron chi connectivity index (χ2n) is 7.01. The van der Waals surface area contributed by atoms with Crippen LogP contribution in [0.4, 0.5) is 18.0 Å². The maximum atomic E-state index is 12.1. The van der Waals surface area contributed by atoms with E-state index in [2.05, 4.69) is 15.2 Å². The van der Waals surface area contributed by atoms with Crippen LogP contribution in [0.2, 0.25) is 0 Å². The number of carbonyl (C=O) groups excluding carboxylic acids is 2. The number of amides is 2. The van der Waals surface area contributed by atoms with Gasteiger partial charge in [0.2, 0.25) is 5.91 Å². The number of nitrogen functional groups attached to an aromatic ring is 1. The highest BCUT2D eigenvalue weighted by molar-refractivity contribution is 6.02. The largest absolute Gasteiger partial charge is 0.480 e. The number of nitrogens with two attached hydrogens (primary N) is 1. The molecule has 1 heterocycles. The van der Waals surface area contributed by atoms with Crippen molar-refractivity contribution in [3.8, 4) is 0 Å². The summed E-state index contributed by atoms with van der Waals surface area (Å²) in [5, 5.41) is 24.6. The maximum Gasteiger partial charge on any atom is 0.407 e. The summed E-state index contributed by atoms with van der Waals surface area (Å²) in [5.74, 6) is -2.17. The second kappa shape index (κ2) is 11.2. The number of carboxylic acid groups (broad SMARTS) is 1. The number of ether oxygens (including phenoxy) is 1. The number of benzene rings is 1. The molecule has 1 unspecified atom stereocenters. The first-order valence-electron chi connectivity index (χ1n) is 9.61. The first-order valence-corrected chi connectivity index (χ1v) is 9.61. The molecule has 2 amide bonds. The number of carbonyl (C=O) groups is 3. The number of oxime groups is 1. The van der Waals surface area contributed by atoms with E-state index in [1.54, 1.807) is 24.3 Å². The summed E-state index contributed by atoms with van der Waals surface area (Å²) in [6.45, 7) is -1.48. The molecule has 2 atom stereocenters. The lowest BCUT2D eigenvalue weighted by Gasteiger charge is -2.16. The van der Waals surface area contributed by atoms with Gasteiger partial charge in [0.05, 0.1) is 18.6 Å². The molecule has 0 aliphatic carbocycles. The van der Waals surface area contributed by atoms with Crippen LogP contribution in [0.15, 0.2) is 29.4 Å². The Hall–Kier alpha value is -3.84. The molecule has 1 aromatic rings. The highest BCUT2D eigenvalue weighted by atomic mass is 19.4. The Balaban J connectivity index is 1.76. The average Bonchev–Trinajstić information content (AvgIpc) is 3.18. The van der Waals surface area contributed by atoms with E-state index in [1.165, 1.54) is 0 Å². The fourth-order valence-corrected chi connectivity index (χ4v) is 2.69. The quantitative estimate of drug-likeness (QED) is 0.250. The van der Waals surface area contributed by atoms with Gasteiger partial charge in [-0.05, 0) is 5.56 Å². The Labute approximate surface area is 185 Å². The fraction of sp³-hybridized carbons (Fsp3) is 0.421. The van der Waals surface area contributed by atoms with Crippen LogP contribution in [0.3, 0.4) is 0 Å². The summed E-state index contributed by atoms with van der Waals surface area (Å²) >= 11 is 0. The van der Waals surface area contributed by atoms with Crippen LogP contribution in [0.1, 0.15) is 30.4 Å². The lowest BCUT2D eigenvalue weighted by molar-refractivity contribution is -0.143. The van der Waals surface area contributed by atoms with Gasteiger partial charge in [-0.15, -0.1) is 0 Å². The van der Waals surface area contributed by atoms with E-state index in [1.807, 2.05) is 5.32 Å². The molecule has 0 saturated heterocycles. The second-order valence-corrected chi connectivity index (χ2v) is 7.01. The van der Waals surface area contributed by atoms with Gasteiger partial charge in [0.1, 0.15) is 24.6 Å². The minimum Gasteiger partial charge on any atom is -0.480 e. The normalized spacial score (nSPS) is 16.2. The smallest absolute Gasteiger partial charge is 0.407 e. The molecule has 0 aromatic heterocycles. The molecular weight excluding hydrogens is 451 g/mol. The molecule has 0 saturated carbocycles. The van der Waals surface area contributed by atoms with Crippen molar-refractivity contribution in [1.82, 2.24) is 10.6 Å². The van der Waals surface area contributed by atoms with Crippen molar-refractivity contribution in [2.24, 2.45) is 10.9 Å². The van der Waals surface area contributed by atoms with E-state index in [9.17, 15) is 27.6 Å². The van der Waals surface area contributed by atoms with Gasteiger partial charge in [-0.25, -0.2) is 9.59 Å². The van der Waals surface area contributed by atoms with Crippen molar-refractivity contribution in [2.75, 3.05) is 13.2 Å². The van der Waals surface area contributed by atoms with Crippen LogP contribution in [0.25, 0.3) is 0 Å². The van der Waals surface area contributed by atoms with Crippen molar-refractivity contribution in [3.63, 3.8) is 0 Å². The fourth-order valence-electron chi connectivity index (χ4n) is 2.69. The molecule has 0 spiro atoms. The van der Waals surface area contributed by atoms with Gasteiger partial charge in [0.15, 0.2) is 0 Å². The Morgan fingerprint density at radius 1 is 1.30 bits per heavy atom. The molecule has 1 aliphatic rings. The first-order chi connectivity index (χ1) is 15.4. The average molecular weight is 473 g/mol. The van der Waals surface area contributed by atoms with Gasteiger partial charge >= 0.3 is 18.2 Å². The van der Waals surface area contributed by atoms with E-state index in [0.717, 1.165) is 5.56 Å². The summed E-state index contributed by atoms with van der Waals surface area (Å²) in [7, 11) is 0. The standard InChI is InChI=1S/C19H22F3N5O6/c20-19(21,22)5-6-32-18(31)26-14(17(29)30)9-25-15(28)8-12-7-13(27-33-12)10-1-3-11(4-2-10)16(23)24/h1-4,12,14H,5-9H2,(H3,23,24)(H,25,28)(H,26,31)(H,29,30)/t12?,14-/m0/s1. The van der Waals surface area contributed by atoms with E-state index in [0.29, 0.717) is 17.7 Å². The van der Waals surface area contributed by atoms with E-state index in [-0.39, 0.29) is 12.3 Å². The predicted molar refractivity (Wildman–Crippen MR) is 108 cm³/mol. The molecular formula is C19H22F3N5O6. The summed E-state index contributed by atoms with van der Waals surface area (Å²) in [4.78, 5) is 40.0. The van der Waals surface area contributed by atoms with Gasteiger partial charge < -0.3 is 31.0 Å². The Morgan fingerprint density at radius 3 is 2.55 bits per heavy atom. The van der Waals surface area contributed by atoms with E-state index < -0.39 is 55.9 Å². The number of halogens is 3. The molecule has 11 nitrogen and oxygen atoms in total. The number of nitrogens with one attached hydrogen (secondary N) is 3. The number of hydrogen-bond donors (Lipinski definition) is 5. The number of carboxylic acids is 1. The predicted octanol–water partition coefficient (Wildman–Crippen LogP) is 1.10. The minimum atomic E-state index is -4.52. The molecule has 6 N–H and O–H groups in total. The molecule has 1 aliphatic heterocycles. The highest BCUT2D eigenvalue weighted by Crippen LogP contribution is 2.20. The molecule has 0 bridgehead atoms. The third-order valence-corrected chi connectivity index (χ3v) is 4.39. The zero-order valence-corrected chi connectivity index (χ0v) is 17.1. The molecule has 0 radical (unpaired) electrons. The lowest BCUT2D eigenvalue weighted by Crippen LogP contribution is -2.49. The van der Waals surface area contributed by atoms with Crippen molar-refractivity contribution in [3.05, 3.63) is 35.4 Å². The van der Waals surface area contributed by atoms with Gasteiger partial charge in [-0.3, -0.25) is 10.2 Å². The Kier molecular flexibility index (Phi) is 8.59. The van der Waals surface area contributed by atoms with Crippen molar-refractivity contribution in [2.45, 2.75) is 37.6 Å². The zero-order valence-electron chi connectivity index (χ0n) is 17.1. The molecule has 2 rings (SSSR count). The number of alkyl halides is 3.